The molecular formula is C19H20N2O5. The summed E-state index contributed by atoms with van der Waals surface area (Å²) in [6.07, 6.45) is 4.32. The van der Waals surface area contributed by atoms with Gasteiger partial charge in [-0.3, -0.25) is 9.59 Å². The predicted octanol–water partition coefficient (Wildman–Crippen LogP) is 2.56. The van der Waals surface area contributed by atoms with Gasteiger partial charge in [-0.15, -0.1) is 0 Å². The van der Waals surface area contributed by atoms with Crippen LogP contribution in [-0.4, -0.2) is 42.9 Å². The molecule has 26 heavy (non-hydrogen) atoms. The Morgan fingerprint density at radius 3 is 2.81 bits per heavy atom. The number of likely N-dealkylation sites (tertiary alicyclic amines) is 1. The maximum atomic E-state index is 12.6. The van der Waals surface area contributed by atoms with Crippen molar-refractivity contribution in [3.63, 3.8) is 0 Å². The maximum Gasteiger partial charge on any atom is 0.337 e. The van der Waals surface area contributed by atoms with Crippen LogP contribution >= 0.6 is 0 Å². The number of methoxy groups -OCH3 is 1. The smallest absolute Gasteiger partial charge is 0.337 e. The molecule has 0 bridgehead atoms. The fraction of sp³-hybridized carbons (Fsp3) is 0.316. The van der Waals surface area contributed by atoms with Crippen LogP contribution in [0.15, 0.2) is 47.3 Å². The molecule has 1 aliphatic rings. The quantitative estimate of drug-likeness (QED) is 0.851. The number of piperidine rings is 1. The lowest BCUT2D eigenvalue weighted by atomic mass is 9.96. The van der Waals surface area contributed by atoms with E-state index in [0.29, 0.717) is 36.3 Å². The van der Waals surface area contributed by atoms with E-state index in [-0.39, 0.29) is 17.7 Å². The van der Waals surface area contributed by atoms with Gasteiger partial charge >= 0.3 is 5.97 Å². The monoisotopic (exact) mass is 356 g/mol. The van der Waals surface area contributed by atoms with Gasteiger partial charge in [0.15, 0.2) is 0 Å². The first-order valence-electron chi connectivity index (χ1n) is 8.39. The van der Waals surface area contributed by atoms with Gasteiger partial charge in [0.2, 0.25) is 5.91 Å². The van der Waals surface area contributed by atoms with Crippen LogP contribution in [-0.2, 0) is 9.53 Å². The number of hydrogen-bond acceptors (Lipinski definition) is 5. The van der Waals surface area contributed by atoms with Gasteiger partial charge in [-0.05, 0) is 37.1 Å². The van der Waals surface area contributed by atoms with Crippen molar-refractivity contribution in [2.24, 2.45) is 5.92 Å². The molecule has 2 heterocycles. The number of benzene rings is 1. The Morgan fingerprint density at radius 2 is 2.08 bits per heavy atom. The lowest BCUT2D eigenvalue weighted by molar-refractivity contribution is -0.121. The standard InChI is InChI=1S/C19H20N2O5/c1-25-19(24)13-4-2-6-16(10-13)20-17(22)14-5-3-8-21(11-14)18(23)15-7-9-26-12-15/h2,4,6-7,9-10,12,14H,3,5,8,11H2,1H3,(H,20,22)/t14-/m1/s1. The zero-order valence-corrected chi connectivity index (χ0v) is 14.4. The van der Waals surface area contributed by atoms with E-state index in [2.05, 4.69) is 10.1 Å². The van der Waals surface area contributed by atoms with Crippen molar-refractivity contribution in [3.8, 4) is 0 Å². The van der Waals surface area contributed by atoms with Crippen LogP contribution < -0.4 is 5.32 Å². The summed E-state index contributed by atoms with van der Waals surface area (Å²) in [5.74, 6) is -1.07. The SMILES string of the molecule is COC(=O)c1cccc(NC(=O)[C@@H]2CCCN(C(=O)c3ccoc3)C2)c1. The Kier molecular flexibility index (Phi) is 5.36. The molecule has 7 heteroatoms. The lowest BCUT2D eigenvalue weighted by Crippen LogP contribution is -2.43. The number of anilines is 1. The van der Waals surface area contributed by atoms with Gasteiger partial charge in [0, 0.05) is 18.8 Å². The first-order valence-corrected chi connectivity index (χ1v) is 8.39. The summed E-state index contributed by atoms with van der Waals surface area (Å²) in [5, 5.41) is 2.82. The van der Waals surface area contributed by atoms with Gasteiger partial charge in [0.25, 0.3) is 5.91 Å². The van der Waals surface area contributed by atoms with E-state index in [1.165, 1.54) is 19.6 Å². The maximum absolute atomic E-state index is 12.6. The number of amides is 2. The molecule has 0 saturated carbocycles. The number of rotatable bonds is 4. The molecule has 1 aliphatic heterocycles. The van der Waals surface area contributed by atoms with Gasteiger partial charge < -0.3 is 19.4 Å². The Bertz CT molecular complexity index is 800. The minimum absolute atomic E-state index is 0.135. The zero-order chi connectivity index (χ0) is 18.5. The fourth-order valence-corrected chi connectivity index (χ4v) is 3.03. The molecule has 1 aromatic heterocycles. The van der Waals surface area contributed by atoms with E-state index in [4.69, 9.17) is 4.42 Å². The number of carbonyl (C=O) groups excluding carboxylic acids is 3. The average molecular weight is 356 g/mol. The minimum Gasteiger partial charge on any atom is -0.472 e. The van der Waals surface area contributed by atoms with Crippen LogP contribution in [0.1, 0.15) is 33.6 Å². The van der Waals surface area contributed by atoms with Crippen molar-refractivity contribution in [2.45, 2.75) is 12.8 Å². The molecule has 1 atom stereocenters. The first-order chi connectivity index (χ1) is 12.6. The van der Waals surface area contributed by atoms with Crippen molar-refractivity contribution in [1.82, 2.24) is 4.90 Å². The molecule has 0 unspecified atom stereocenters. The number of nitrogens with zero attached hydrogens (tertiary/aromatic N) is 1. The second-order valence-electron chi connectivity index (χ2n) is 6.16. The normalized spacial score (nSPS) is 16.8. The van der Waals surface area contributed by atoms with E-state index >= 15 is 0 Å². The van der Waals surface area contributed by atoms with Crippen LogP contribution in [0.5, 0.6) is 0 Å². The molecule has 1 fully saturated rings. The molecule has 0 aliphatic carbocycles. The number of carbonyl (C=O) groups is 3. The Balaban J connectivity index is 1.64. The number of esters is 1. The van der Waals surface area contributed by atoms with Gasteiger partial charge in [0.05, 0.1) is 30.4 Å². The van der Waals surface area contributed by atoms with Crippen LogP contribution in [0.4, 0.5) is 5.69 Å². The van der Waals surface area contributed by atoms with Gasteiger partial charge in [-0.1, -0.05) is 6.07 Å². The molecule has 2 aromatic rings. The number of nitrogens with one attached hydrogen (secondary N) is 1. The molecule has 1 N–H and O–H groups in total. The van der Waals surface area contributed by atoms with E-state index in [0.717, 1.165) is 6.42 Å². The van der Waals surface area contributed by atoms with E-state index < -0.39 is 5.97 Å². The molecule has 7 nitrogen and oxygen atoms in total. The van der Waals surface area contributed by atoms with Crippen molar-refractivity contribution in [2.75, 3.05) is 25.5 Å². The summed E-state index contributed by atoms with van der Waals surface area (Å²) in [7, 11) is 1.31. The molecule has 0 radical (unpaired) electrons. The highest BCUT2D eigenvalue weighted by atomic mass is 16.5. The summed E-state index contributed by atoms with van der Waals surface area (Å²) < 4.78 is 9.64. The van der Waals surface area contributed by atoms with Crippen molar-refractivity contribution in [3.05, 3.63) is 54.0 Å². The van der Waals surface area contributed by atoms with Crippen molar-refractivity contribution >= 4 is 23.5 Å². The average Bonchev–Trinajstić information content (AvgIpc) is 3.22. The molecule has 0 spiro atoms. The third-order valence-corrected chi connectivity index (χ3v) is 4.40. The highest BCUT2D eigenvalue weighted by molar-refractivity contribution is 5.97. The molecule has 136 valence electrons. The van der Waals surface area contributed by atoms with Crippen LogP contribution in [0.25, 0.3) is 0 Å². The summed E-state index contributed by atoms with van der Waals surface area (Å²) in [6, 6.07) is 8.19. The van der Waals surface area contributed by atoms with Gasteiger partial charge in [-0.25, -0.2) is 4.79 Å². The first kappa shape index (κ1) is 17.7. The highest BCUT2D eigenvalue weighted by Crippen LogP contribution is 2.21. The number of furan rings is 1. The van der Waals surface area contributed by atoms with E-state index in [1.807, 2.05) is 0 Å². The topological polar surface area (TPSA) is 88.9 Å². The minimum atomic E-state index is -0.462. The third-order valence-electron chi connectivity index (χ3n) is 4.40. The molecule has 1 saturated heterocycles. The lowest BCUT2D eigenvalue weighted by Gasteiger charge is -2.31. The summed E-state index contributed by atoms with van der Waals surface area (Å²) >= 11 is 0. The molecular weight excluding hydrogens is 336 g/mol. The summed E-state index contributed by atoms with van der Waals surface area (Å²) in [4.78, 5) is 38.3. The third kappa shape index (κ3) is 3.93. The van der Waals surface area contributed by atoms with E-state index in [9.17, 15) is 14.4 Å². The Labute approximate surface area is 150 Å². The van der Waals surface area contributed by atoms with Crippen molar-refractivity contribution in [1.29, 1.82) is 0 Å². The number of ether oxygens (including phenoxy) is 1. The second-order valence-corrected chi connectivity index (χ2v) is 6.16. The predicted molar refractivity (Wildman–Crippen MR) is 93.7 cm³/mol. The Morgan fingerprint density at radius 1 is 1.23 bits per heavy atom. The van der Waals surface area contributed by atoms with Gasteiger partial charge in [-0.2, -0.15) is 0 Å². The molecule has 3 rings (SSSR count). The number of hydrogen-bond donors (Lipinski definition) is 1. The highest BCUT2D eigenvalue weighted by Gasteiger charge is 2.29. The summed E-state index contributed by atoms with van der Waals surface area (Å²) in [6.45, 7) is 0.970. The molecule has 1 aromatic carbocycles. The van der Waals surface area contributed by atoms with E-state index in [1.54, 1.807) is 35.2 Å². The second kappa shape index (κ2) is 7.86. The molecule has 2 amide bonds. The fourth-order valence-electron chi connectivity index (χ4n) is 3.03. The van der Waals surface area contributed by atoms with Crippen LogP contribution in [0.3, 0.4) is 0 Å². The van der Waals surface area contributed by atoms with Crippen molar-refractivity contribution < 1.29 is 23.5 Å². The van der Waals surface area contributed by atoms with Crippen LogP contribution in [0, 0.1) is 5.92 Å². The summed E-state index contributed by atoms with van der Waals surface area (Å²) in [5.41, 5.74) is 1.37. The van der Waals surface area contributed by atoms with Gasteiger partial charge in [0.1, 0.15) is 6.26 Å². The zero-order valence-electron chi connectivity index (χ0n) is 14.4. The largest absolute Gasteiger partial charge is 0.472 e. The Hall–Kier alpha value is -3.09. The van der Waals surface area contributed by atoms with Crippen LogP contribution in [0.2, 0.25) is 0 Å².